The monoisotopic (exact) mass is 1250 g/mol. The third-order valence-corrected chi connectivity index (χ3v) is 26.8. The Morgan fingerprint density at radius 2 is 1.01 bits per heavy atom. The van der Waals surface area contributed by atoms with Crippen molar-refractivity contribution in [1.82, 2.24) is 9.44 Å². The second-order valence-corrected chi connectivity index (χ2v) is 32.8. The topological polar surface area (TPSA) is 158 Å². The predicted molar refractivity (Wildman–Crippen MR) is 354 cm³/mol. The number of anilines is 2. The normalized spacial score (nSPS) is 36.8. The number of allylic oxidation sites excluding steroid dienone is 2. The van der Waals surface area contributed by atoms with E-state index >= 15 is 0 Å². The molecule has 0 aromatic heterocycles. The number of carbonyl (C=O) groups excluding carboxylic acids is 2. The molecule has 4 aromatic carbocycles. The highest BCUT2D eigenvalue weighted by Gasteiger charge is 2.50. The van der Waals surface area contributed by atoms with E-state index in [0.717, 1.165) is 123 Å². The van der Waals surface area contributed by atoms with Crippen LogP contribution in [-0.2, 0) is 43.1 Å². The van der Waals surface area contributed by atoms with Gasteiger partial charge in [-0.3, -0.25) is 19.0 Å². The highest BCUT2D eigenvalue weighted by Crippen LogP contribution is 2.51. The molecule has 464 valence electrons. The molecule has 8 aliphatic rings. The Kier molecular flexibility index (Phi) is 17.8. The largest absolute Gasteiger partial charge is 0.490 e. The Labute approximate surface area is 522 Å². The molecule has 0 saturated heterocycles. The first kappa shape index (κ1) is 62.6. The van der Waals surface area contributed by atoms with Gasteiger partial charge in [-0.15, -0.1) is 0 Å². The van der Waals surface area contributed by atoms with Gasteiger partial charge in [0.2, 0.25) is 0 Å². The fourth-order valence-corrected chi connectivity index (χ4v) is 19.0. The number of fused-ring (bicyclic) bond motifs is 8. The van der Waals surface area contributed by atoms with E-state index in [0.29, 0.717) is 61.9 Å². The second kappa shape index (κ2) is 24.4. The van der Waals surface area contributed by atoms with E-state index in [2.05, 4.69) is 69.1 Å². The molecule has 2 amide bonds. The first-order valence-corrected chi connectivity index (χ1v) is 36.0. The molecule has 2 saturated carbocycles. The van der Waals surface area contributed by atoms with Crippen molar-refractivity contribution in [3.05, 3.63) is 141 Å². The van der Waals surface area contributed by atoms with Crippen LogP contribution >= 0.6 is 23.2 Å². The van der Waals surface area contributed by atoms with Crippen molar-refractivity contribution in [3.63, 3.8) is 0 Å². The maximum Gasteiger partial charge on any atom is 0.262 e. The molecule has 0 radical (unpaired) electrons. The number of carbonyl (C=O) groups is 2. The summed E-state index contributed by atoms with van der Waals surface area (Å²) in [5.74, 6) is 9.54. The minimum Gasteiger partial charge on any atom is -0.490 e. The fourth-order valence-electron chi connectivity index (χ4n) is 15.7. The van der Waals surface area contributed by atoms with Gasteiger partial charge in [0.15, 0.2) is 0 Å². The molecule has 12 nitrogen and oxygen atoms in total. The molecule has 2 fully saturated rings. The first-order valence-electron chi connectivity index (χ1n) is 31.7. The maximum absolute atomic E-state index is 13.7. The predicted octanol–water partition coefficient (Wildman–Crippen LogP) is 12.7. The van der Waals surface area contributed by atoms with Crippen LogP contribution in [0.4, 0.5) is 11.4 Å². The third kappa shape index (κ3) is 12.2. The van der Waals surface area contributed by atoms with Crippen LogP contribution in [0, 0.1) is 35.5 Å². The van der Waals surface area contributed by atoms with Gasteiger partial charge in [-0.1, -0.05) is 87.3 Å². The van der Waals surface area contributed by atoms with Gasteiger partial charge >= 0.3 is 0 Å². The maximum atomic E-state index is 13.7. The van der Waals surface area contributed by atoms with Crippen LogP contribution in [0.5, 0.6) is 11.5 Å². The minimum atomic E-state index is -2.93. The van der Waals surface area contributed by atoms with Gasteiger partial charge in [0.05, 0.1) is 55.2 Å². The SMILES string of the molecule is C=S1(=O)NC(=O)c2ccc3c(c2)N(C[C@@H]2CC[C@H]2[C@@](O)(CC)/C=C/C[C@H](C)[C@H]1C)C[C@@]1(CCCc2cc(Cl)ccc21)CO3.C=S1(=O)NC(=O)c2ccc3c(c2)N(C[C@@H]2CC[C@H]2[C@](O)(CC)/C=C/C[C@H](C)[C@H]1C)C[C@@]1(CCCc2cc(Cl)ccc21)CO3. The molecule has 2 unspecified atom stereocenters. The van der Waals surface area contributed by atoms with Crippen LogP contribution in [0.1, 0.15) is 162 Å². The molecule has 4 aliphatic carbocycles. The van der Waals surface area contributed by atoms with Crippen molar-refractivity contribution >= 4 is 77.5 Å². The molecule has 4 aliphatic heterocycles. The van der Waals surface area contributed by atoms with Crippen molar-refractivity contribution in [2.45, 2.75) is 164 Å². The average molecular weight is 1250 g/mol. The summed E-state index contributed by atoms with van der Waals surface area (Å²) in [7, 11) is -5.86. The Hall–Kier alpha value is -4.96. The van der Waals surface area contributed by atoms with Gasteiger partial charge in [-0.25, -0.2) is 8.42 Å². The van der Waals surface area contributed by atoms with E-state index in [1.165, 1.54) is 22.3 Å². The van der Waals surface area contributed by atoms with Gasteiger partial charge in [0.1, 0.15) is 11.5 Å². The number of hydrogen-bond donors (Lipinski definition) is 4. The van der Waals surface area contributed by atoms with E-state index in [-0.39, 0.29) is 56.8 Å². The Balaban J connectivity index is 0.000000179. The summed E-state index contributed by atoms with van der Waals surface area (Å²) in [6.07, 6.45) is 20.8. The molecular weight excluding hydrogens is 1160 g/mol. The third-order valence-electron chi connectivity index (χ3n) is 21.9. The highest BCUT2D eigenvalue weighted by atomic mass is 35.5. The van der Waals surface area contributed by atoms with Crippen LogP contribution in [-0.4, -0.2) is 103 Å². The summed E-state index contributed by atoms with van der Waals surface area (Å²) in [6.45, 7) is 16.0. The van der Waals surface area contributed by atoms with E-state index < -0.39 is 30.6 Å². The lowest BCUT2D eigenvalue weighted by molar-refractivity contribution is -0.0477. The zero-order chi connectivity index (χ0) is 61.1. The molecule has 16 heteroatoms. The first-order chi connectivity index (χ1) is 40.9. The van der Waals surface area contributed by atoms with Crippen LogP contribution in [0.3, 0.4) is 0 Å². The molecule has 14 atom stereocenters. The Morgan fingerprint density at radius 3 is 1.38 bits per heavy atom. The number of halogens is 2. The van der Waals surface area contributed by atoms with Crippen molar-refractivity contribution < 1.29 is 37.7 Å². The molecule has 4 heterocycles. The number of ether oxygens (including phenoxy) is 2. The number of aryl methyl sites for hydroxylation is 2. The van der Waals surface area contributed by atoms with E-state index in [1.807, 2.05) is 88.4 Å². The van der Waals surface area contributed by atoms with Gasteiger partial charge in [0, 0.05) is 68.7 Å². The number of amides is 2. The number of nitrogens with zero attached hydrogens (tertiary/aromatic N) is 2. The van der Waals surface area contributed by atoms with Crippen LogP contribution < -0.4 is 28.7 Å². The highest BCUT2D eigenvalue weighted by molar-refractivity contribution is 7.99. The number of aliphatic hydroxyl groups is 2. The lowest BCUT2D eigenvalue weighted by Crippen LogP contribution is -2.52. The summed E-state index contributed by atoms with van der Waals surface area (Å²) in [5, 5.41) is 24.7. The molecular formula is C70H90Cl2N4O8S2. The molecule has 4 N–H and O–H groups in total. The lowest BCUT2D eigenvalue weighted by atomic mass is 9.63. The summed E-state index contributed by atoms with van der Waals surface area (Å²) in [6, 6.07) is 23.6. The number of benzene rings is 4. The van der Waals surface area contributed by atoms with E-state index in [4.69, 9.17) is 32.7 Å². The molecule has 4 aromatic rings. The van der Waals surface area contributed by atoms with E-state index in [1.54, 1.807) is 12.1 Å². The zero-order valence-corrected chi connectivity index (χ0v) is 54.4. The summed E-state index contributed by atoms with van der Waals surface area (Å²) >= 11 is 12.8. The van der Waals surface area contributed by atoms with Crippen LogP contribution in [0.15, 0.2) is 97.1 Å². The quantitative estimate of drug-likeness (QED) is 0.112. The van der Waals surface area contributed by atoms with Crippen molar-refractivity contribution in [1.29, 1.82) is 0 Å². The molecule has 2 spiro atoms. The summed E-state index contributed by atoms with van der Waals surface area (Å²) < 4.78 is 46.1. The summed E-state index contributed by atoms with van der Waals surface area (Å²) in [5.41, 5.74) is 5.51. The molecule has 4 bridgehead atoms. The van der Waals surface area contributed by atoms with Gasteiger partial charge in [-0.05, 0) is 234 Å². The fraction of sp³-hybridized carbons (Fsp3) is 0.543. The van der Waals surface area contributed by atoms with Crippen LogP contribution in [0.25, 0.3) is 0 Å². The summed E-state index contributed by atoms with van der Waals surface area (Å²) in [4.78, 5) is 31.9. The standard InChI is InChI=1S/2C35H45ClN2O4S/c2*1-5-35(40)17-6-8-23(2)24(3)43(4,41)37-33(39)26-11-15-32-31(19-26)38(20-27-10-13-30(27)35)21-34(22-42-32)16-7-9-25-18-28(36)12-14-29(25)34/h2*6,11-12,14-15,17-19,23-24,27,30,40H,4-5,7-10,13,16,20-22H2,1-3H3,(H,37,39,41)/b2*17-6+/t23-,24+,27-,30+,34-,35+,43?;23-,24+,27-,30+,34-,35-,43?/m00/s1. The Morgan fingerprint density at radius 1 is 0.605 bits per heavy atom. The van der Waals surface area contributed by atoms with E-state index in [9.17, 15) is 28.2 Å². The van der Waals surface area contributed by atoms with Crippen molar-refractivity contribution in [2.24, 2.45) is 35.5 Å². The van der Waals surface area contributed by atoms with Gasteiger partial charge in [-0.2, -0.15) is 0 Å². The molecule has 86 heavy (non-hydrogen) atoms. The Bertz CT molecular complexity index is 3310. The smallest absolute Gasteiger partial charge is 0.262 e. The van der Waals surface area contributed by atoms with Gasteiger partial charge < -0.3 is 29.5 Å². The minimum absolute atomic E-state index is 0.00753. The van der Waals surface area contributed by atoms with Crippen molar-refractivity contribution in [3.8, 4) is 11.5 Å². The molecule has 12 rings (SSSR count). The van der Waals surface area contributed by atoms with Crippen molar-refractivity contribution in [2.75, 3.05) is 49.2 Å². The number of rotatable bonds is 2. The second-order valence-electron chi connectivity index (χ2n) is 27.1. The number of hydrogen-bond acceptors (Lipinski definition) is 10. The van der Waals surface area contributed by atoms with Crippen LogP contribution in [0.2, 0.25) is 10.0 Å². The number of nitrogens with one attached hydrogen (secondary N) is 2. The zero-order valence-electron chi connectivity index (χ0n) is 51.2. The lowest BCUT2D eigenvalue weighted by Gasteiger charge is -2.49. The van der Waals surface area contributed by atoms with Gasteiger partial charge in [0.25, 0.3) is 11.8 Å². The average Bonchev–Trinajstić information content (AvgIpc) is 1.66.